The average molecular weight is 391 g/mol. The van der Waals surface area contributed by atoms with Crippen molar-refractivity contribution in [1.82, 2.24) is 0 Å². The number of rotatable bonds is 9. The van der Waals surface area contributed by atoms with Crippen LogP contribution in [-0.4, -0.2) is 24.6 Å². The Bertz CT molecular complexity index is 649. The van der Waals surface area contributed by atoms with Crippen LogP contribution in [0.1, 0.15) is 73.6 Å². The van der Waals surface area contributed by atoms with Crippen LogP contribution >= 0.6 is 0 Å². The van der Waals surface area contributed by atoms with Crippen LogP contribution in [0.25, 0.3) is 0 Å². The Balaban J connectivity index is 1.55. The molecular weight excluding hydrogens is 352 g/mol. The van der Waals surface area contributed by atoms with Crippen molar-refractivity contribution < 1.29 is 19.1 Å². The molecule has 6 atom stereocenters. The maximum atomic E-state index is 13.0. The number of hydrogen-bond donors (Lipinski definition) is 0. The van der Waals surface area contributed by atoms with Gasteiger partial charge in [-0.05, 0) is 55.4 Å². The summed E-state index contributed by atoms with van der Waals surface area (Å²) in [4.78, 5) is 24.9. The Kier molecular flexibility index (Phi) is 5.73. The van der Waals surface area contributed by atoms with Crippen LogP contribution in [0.15, 0.2) is 12.2 Å². The standard InChI is InChI=1S/C24H38O4/c1-8-23(5,6)13-24(7,14(2)3)22(26)27-12-15(4)9-17-16-10-18-19(11-16)21(25)28-20(17)18/h14,16-20H,4,8-13H2,1-3,5-7H3. The molecule has 3 fully saturated rings. The van der Waals surface area contributed by atoms with Gasteiger partial charge in [0.05, 0.1) is 11.3 Å². The van der Waals surface area contributed by atoms with Gasteiger partial charge in [0.1, 0.15) is 12.7 Å². The maximum Gasteiger partial charge on any atom is 0.312 e. The molecule has 2 bridgehead atoms. The first-order chi connectivity index (χ1) is 13.0. The molecule has 2 aliphatic carbocycles. The topological polar surface area (TPSA) is 52.6 Å². The van der Waals surface area contributed by atoms with Crippen molar-refractivity contribution in [3.63, 3.8) is 0 Å². The van der Waals surface area contributed by atoms with Crippen molar-refractivity contribution in [3.05, 3.63) is 12.2 Å². The number of carbonyl (C=O) groups is 2. The zero-order valence-electron chi connectivity index (χ0n) is 18.5. The van der Waals surface area contributed by atoms with Gasteiger partial charge in [0.25, 0.3) is 0 Å². The number of ether oxygens (including phenoxy) is 2. The van der Waals surface area contributed by atoms with Gasteiger partial charge in [-0.1, -0.05) is 47.6 Å². The lowest BCUT2D eigenvalue weighted by atomic mass is 9.67. The SMILES string of the molecule is C=C(COC(=O)C(C)(CC(C)(C)CC)C(C)C)CC1C2CC3C(=O)OC1C3C2. The van der Waals surface area contributed by atoms with E-state index < -0.39 is 5.41 Å². The Morgan fingerprint density at radius 1 is 1.29 bits per heavy atom. The second-order valence-corrected chi connectivity index (χ2v) is 10.9. The summed E-state index contributed by atoms with van der Waals surface area (Å²) in [5, 5.41) is 0. The summed E-state index contributed by atoms with van der Waals surface area (Å²) in [6.45, 7) is 17.3. The third-order valence-electron chi connectivity index (χ3n) is 8.13. The number of carbonyl (C=O) groups excluding carboxylic acids is 2. The fourth-order valence-electron chi connectivity index (χ4n) is 5.72. The van der Waals surface area contributed by atoms with Crippen LogP contribution in [0, 0.1) is 40.4 Å². The van der Waals surface area contributed by atoms with Gasteiger partial charge < -0.3 is 9.47 Å². The summed E-state index contributed by atoms with van der Waals surface area (Å²) in [5.41, 5.74) is 0.535. The minimum atomic E-state index is -0.500. The molecule has 2 saturated carbocycles. The second-order valence-electron chi connectivity index (χ2n) is 10.9. The van der Waals surface area contributed by atoms with E-state index in [2.05, 4.69) is 41.2 Å². The molecule has 0 aromatic heterocycles. The predicted molar refractivity (Wildman–Crippen MR) is 109 cm³/mol. The quantitative estimate of drug-likeness (QED) is 0.403. The van der Waals surface area contributed by atoms with Crippen molar-refractivity contribution in [2.24, 2.45) is 40.4 Å². The molecule has 28 heavy (non-hydrogen) atoms. The Morgan fingerprint density at radius 3 is 2.57 bits per heavy atom. The average Bonchev–Trinajstić information content (AvgIpc) is 3.24. The van der Waals surface area contributed by atoms with Crippen molar-refractivity contribution >= 4 is 11.9 Å². The molecule has 3 rings (SSSR count). The van der Waals surface area contributed by atoms with E-state index in [-0.39, 0.29) is 41.9 Å². The highest BCUT2D eigenvalue weighted by atomic mass is 16.6. The molecule has 3 aliphatic rings. The molecule has 0 aromatic rings. The molecule has 0 aromatic carbocycles. The van der Waals surface area contributed by atoms with Crippen LogP contribution in [0.5, 0.6) is 0 Å². The van der Waals surface area contributed by atoms with Crippen molar-refractivity contribution in [2.75, 3.05) is 6.61 Å². The molecule has 1 aliphatic heterocycles. The van der Waals surface area contributed by atoms with Crippen LogP contribution < -0.4 is 0 Å². The van der Waals surface area contributed by atoms with Crippen LogP contribution in [-0.2, 0) is 19.1 Å². The van der Waals surface area contributed by atoms with Crippen molar-refractivity contribution in [2.45, 2.75) is 79.8 Å². The fourth-order valence-corrected chi connectivity index (χ4v) is 5.72. The maximum absolute atomic E-state index is 13.0. The number of fused-ring (bicyclic) bond motifs is 1. The van der Waals surface area contributed by atoms with E-state index in [0.717, 1.165) is 37.7 Å². The van der Waals surface area contributed by atoms with Gasteiger partial charge in [-0.3, -0.25) is 9.59 Å². The monoisotopic (exact) mass is 390 g/mol. The molecule has 4 heteroatoms. The smallest absolute Gasteiger partial charge is 0.312 e. The van der Waals surface area contributed by atoms with E-state index in [1.54, 1.807) is 0 Å². The molecule has 1 saturated heterocycles. The summed E-state index contributed by atoms with van der Waals surface area (Å²) < 4.78 is 11.4. The van der Waals surface area contributed by atoms with Crippen LogP contribution in [0.4, 0.5) is 0 Å². The Labute approximate surface area is 170 Å². The summed E-state index contributed by atoms with van der Waals surface area (Å²) in [6.07, 6.45) is 4.77. The first kappa shape index (κ1) is 21.4. The van der Waals surface area contributed by atoms with Gasteiger partial charge in [0.15, 0.2) is 0 Å². The molecule has 158 valence electrons. The minimum absolute atomic E-state index is 0.00304. The van der Waals surface area contributed by atoms with Gasteiger partial charge >= 0.3 is 11.9 Å². The van der Waals surface area contributed by atoms with E-state index in [4.69, 9.17) is 9.47 Å². The lowest BCUT2D eigenvalue weighted by molar-refractivity contribution is -0.159. The summed E-state index contributed by atoms with van der Waals surface area (Å²) in [6, 6.07) is 0. The molecule has 0 amide bonds. The normalized spacial score (nSPS) is 33.1. The zero-order valence-corrected chi connectivity index (χ0v) is 18.5. The van der Waals surface area contributed by atoms with Gasteiger partial charge in [-0.2, -0.15) is 0 Å². The number of hydrogen-bond acceptors (Lipinski definition) is 4. The third-order valence-corrected chi connectivity index (χ3v) is 8.13. The van der Waals surface area contributed by atoms with Gasteiger partial charge in [0, 0.05) is 11.8 Å². The molecule has 4 nitrogen and oxygen atoms in total. The largest absolute Gasteiger partial charge is 0.462 e. The zero-order chi connectivity index (χ0) is 20.9. The summed E-state index contributed by atoms with van der Waals surface area (Å²) in [5.74, 6) is 1.57. The van der Waals surface area contributed by atoms with E-state index in [1.807, 2.05) is 6.92 Å². The van der Waals surface area contributed by atoms with Gasteiger partial charge in [-0.15, -0.1) is 0 Å². The predicted octanol–water partition coefficient (Wildman–Crippen LogP) is 5.16. The minimum Gasteiger partial charge on any atom is -0.462 e. The van der Waals surface area contributed by atoms with E-state index in [0.29, 0.717) is 17.8 Å². The van der Waals surface area contributed by atoms with Crippen LogP contribution in [0.3, 0.4) is 0 Å². The molecule has 0 spiro atoms. The van der Waals surface area contributed by atoms with Gasteiger partial charge in [-0.25, -0.2) is 0 Å². The molecule has 0 N–H and O–H groups in total. The number of esters is 2. The molecule has 1 heterocycles. The Morgan fingerprint density at radius 2 is 1.96 bits per heavy atom. The summed E-state index contributed by atoms with van der Waals surface area (Å²) in [7, 11) is 0. The van der Waals surface area contributed by atoms with Crippen molar-refractivity contribution in [3.8, 4) is 0 Å². The van der Waals surface area contributed by atoms with E-state index >= 15 is 0 Å². The summed E-state index contributed by atoms with van der Waals surface area (Å²) >= 11 is 0. The van der Waals surface area contributed by atoms with Crippen molar-refractivity contribution in [1.29, 1.82) is 0 Å². The van der Waals surface area contributed by atoms with Crippen LogP contribution in [0.2, 0.25) is 0 Å². The second kappa shape index (κ2) is 7.50. The Hall–Kier alpha value is -1.32. The lowest BCUT2D eigenvalue weighted by Gasteiger charge is -2.38. The third kappa shape index (κ3) is 3.76. The highest BCUT2D eigenvalue weighted by Gasteiger charge is 2.61. The van der Waals surface area contributed by atoms with Gasteiger partial charge in [0.2, 0.25) is 0 Å². The first-order valence-electron chi connectivity index (χ1n) is 11.0. The molecular formula is C24H38O4. The lowest BCUT2D eigenvalue weighted by Crippen LogP contribution is -2.39. The molecule has 6 unspecified atom stereocenters. The first-order valence-corrected chi connectivity index (χ1v) is 11.0. The highest BCUT2D eigenvalue weighted by Crippen LogP contribution is 2.58. The molecule has 0 radical (unpaired) electrons. The van der Waals surface area contributed by atoms with E-state index in [1.165, 1.54) is 0 Å². The van der Waals surface area contributed by atoms with E-state index in [9.17, 15) is 9.59 Å². The highest BCUT2D eigenvalue weighted by molar-refractivity contribution is 5.77. The fraction of sp³-hybridized carbons (Fsp3) is 0.833.